The maximum absolute atomic E-state index is 13.0. The van der Waals surface area contributed by atoms with Gasteiger partial charge in [0.25, 0.3) is 5.91 Å². The first-order chi connectivity index (χ1) is 13.1. The number of rotatable bonds is 5. The zero-order valence-corrected chi connectivity index (χ0v) is 15.7. The Morgan fingerprint density at radius 2 is 1.81 bits per heavy atom. The third-order valence-corrected chi connectivity index (χ3v) is 4.78. The van der Waals surface area contributed by atoms with Crippen molar-refractivity contribution in [2.75, 3.05) is 40.4 Å². The van der Waals surface area contributed by atoms with Crippen LogP contribution in [0.3, 0.4) is 0 Å². The molecular weight excluding hydrogens is 346 g/mol. The summed E-state index contributed by atoms with van der Waals surface area (Å²) < 4.78 is 10.6. The van der Waals surface area contributed by atoms with Gasteiger partial charge < -0.3 is 24.3 Å². The van der Waals surface area contributed by atoms with Crippen LogP contribution in [-0.4, -0.2) is 67.0 Å². The number of hydrogen-bond acceptors (Lipinski definition) is 4. The van der Waals surface area contributed by atoms with Crippen LogP contribution < -0.4 is 9.47 Å². The summed E-state index contributed by atoms with van der Waals surface area (Å²) >= 11 is 0. The zero-order chi connectivity index (χ0) is 19.2. The Kier molecular flexibility index (Phi) is 6.01. The van der Waals surface area contributed by atoms with E-state index in [9.17, 15) is 9.59 Å². The first-order valence-corrected chi connectivity index (χ1v) is 9.03. The second-order valence-corrected chi connectivity index (χ2v) is 6.46. The number of ether oxygens (including phenoxy) is 2. The number of benzene rings is 1. The molecule has 2 heterocycles. The van der Waals surface area contributed by atoms with E-state index in [4.69, 9.17) is 9.47 Å². The summed E-state index contributed by atoms with van der Waals surface area (Å²) in [6.07, 6.45) is 2.91. The number of nitrogens with zero attached hydrogens (tertiary/aromatic N) is 2. The van der Waals surface area contributed by atoms with E-state index in [0.29, 0.717) is 49.7 Å². The number of aromatic nitrogens is 1. The molecule has 0 unspecified atom stereocenters. The summed E-state index contributed by atoms with van der Waals surface area (Å²) in [6.45, 7) is 2.28. The molecule has 1 fully saturated rings. The summed E-state index contributed by atoms with van der Waals surface area (Å²) in [4.78, 5) is 32.2. The number of methoxy groups -OCH3 is 2. The van der Waals surface area contributed by atoms with E-state index >= 15 is 0 Å². The number of nitrogens with one attached hydrogen (secondary N) is 1. The number of aromatic amines is 1. The highest BCUT2D eigenvalue weighted by atomic mass is 16.5. The van der Waals surface area contributed by atoms with Crippen molar-refractivity contribution >= 4 is 11.8 Å². The van der Waals surface area contributed by atoms with E-state index in [2.05, 4.69) is 4.98 Å². The van der Waals surface area contributed by atoms with Gasteiger partial charge in [-0.05, 0) is 36.8 Å². The fourth-order valence-corrected chi connectivity index (χ4v) is 3.27. The average molecular weight is 371 g/mol. The molecule has 7 heteroatoms. The molecule has 0 saturated carbocycles. The van der Waals surface area contributed by atoms with Crippen LogP contribution in [0.5, 0.6) is 11.5 Å². The van der Waals surface area contributed by atoms with Crippen LogP contribution in [0.15, 0.2) is 36.5 Å². The maximum Gasteiger partial charge on any atom is 0.257 e. The van der Waals surface area contributed by atoms with E-state index < -0.39 is 0 Å². The van der Waals surface area contributed by atoms with Crippen molar-refractivity contribution in [2.24, 2.45) is 0 Å². The van der Waals surface area contributed by atoms with E-state index in [1.807, 2.05) is 23.2 Å². The number of H-pyrrole nitrogens is 1. The zero-order valence-electron chi connectivity index (χ0n) is 15.7. The molecule has 0 spiro atoms. The number of carbonyl (C=O) groups is 2. The molecule has 2 aromatic rings. The fraction of sp³-hybridized carbons (Fsp3) is 0.400. The van der Waals surface area contributed by atoms with Crippen LogP contribution in [-0.2, 0) is 11.2 Å². The molecule has 1 aliphatic heterocycles. The Bertz CT molecular complexity index is 789. The van der Waals surface area contributed by atoms with Crippen LogP contribution in [0.2, 0.25) is 0 Å². The second-order valence-electron chi connectivity index (χ2n) is 6.46. The molecule has 2 amide bonds. The maximum atomic E-state index is 13.0. The second kappa shape index (κ2) is 8.62. The van der Waals surface area contributed by atoms with Gasteiger partial charge in [-0.15, -0.1) is 0 Å². The van der Waals surface area contributed by atoms with Gasteiger partial charge in [-0.1, -0.05) is 0 Å². The smallest absolute Gasteiger partial charge is 0.257 e. The molecule has 0 aliphatic carbocycles. The molecule has 1 aromatic carbocycles. The van der Waals surface area contributed by atoms with Crippen molar-refractivity contribution in [2.45, 2.75) is 12.8 Å². The average Bonchev–Trinajstić information content (AvgIpc) is 3.07. The monoisotopic (exact) mass is 371 g/mol. The van der Waals surface area contributed by atoms with Gasteiger partial charge in [0.2, 0.25) is 5.91 Å². The summed E-state index contributed by atoms with van der Waals surface area (Å²) in [6, 6.07) is 8.98. The lowest BCUT2D eigenvalue weighted by atomic mass is 10.1. The van der Waals surface area contributed by atoms with Crippen LogP contribution in [0, 0.1) is 0 Å². The lowest BCUT2D eigenvalue weighted by Crippen LogP contribution is -2.38. The SMILES string of the molecule is COc1ccc(OC)c(C(=O)N2CCCN(C(=O)Cc3ccc[nH]3)CC2)c1. The minimum Gasteiger partial charge on any atom is -0.497 e. The Labute approximate surface area is 158 Å². The minimum atomic E-state index is -0.107. The predicted octanol–water partition coefficient (Wildman–Crippen LogP) is 1.95. The van der Waals surface area contributed by atoms with Crippen LogP contribution in [0.25, 0.3) is 0 Å². The Morgan fingerprint density at radius 1 is 1.04 bits per heavy atom. The molecule has 1 aliphatic rings. The third-order valence-electron chi connectivity index (χ3n) is 4.78. The minimum absolute atomic E-state index is 0.0747. The third kappa shape index (κ3) is 4.42. The summed E-state index contributed by atoms with van der Waals surface area (Å²) in [5, 5.41) is 0. The van der Waals surface area contributed by atoms with Crippen LogP contribution >= 0.6 is 0 Å². The molecule has 0 radical (unpaired) electrons. The normalized spacial score (nSPS) is 14.6. The molecule has 144 valence electrons. The summed E-state index contributed by atoms with van der Waals surface area (Å²) in [5.74, 6) is 1.09. The van der Waals surface area contributed by atoms with E-state index in [1.54, 1.807) is 37.3 Å². The highest BCUT2D eigenvalue weighted by Crippen LogP contribution is 2.25. The van der Waals surface area contributed by atoms with Gasteiger partial charge in [-0.2, -0.15) is 0 Å². The molecule has 3 rings (SSSR count). The van der Waals surface area contributed by atoms with Gasteiger partial charge >= 0.3 is 0 Å². The molecule has 27 heavy (non-hydrogen) atoms. The molecular formula is C20H25N3O4. The Hall–Kier alpha value is -2.96. The molecule has 1 aromatic heterocycles. The van der Waals surface area contributed by atoms with E-state index in [1.165, 1.54) is 0 Å². The molecule has 0 bridgehead atoms. The Morgan fingerprint density at radius 3 is 2.52 bits per heavy atom. The topological polar surface area (TPSA) is 74.9 Å². The van der Waals surface area contributed by atoms with Crippen molar-refractivity contribution < 1.29 is 19.1 Å². The molecule has 1 N–H and O–H groups in total. The van der Waals surface area contributed by atoms with E-state index in [-0.39, 0.29) is 11.8 Å². The van der Waals surface area contributed by atoms with Gasteiger partial charge in [0.1, 0.15) is 11.5 Å². The first kappa shape index (κ1) is 18.8. The Balaban J connectivity index is 1.67. The molecule has 0 atom stereocenters. The van der Waals surface area contributed by atoms with Crippen molar-refractivity contribution in [3.63, 3.8) is 0 Å². The fourth-order valence-electron chi connectivity index (χ4n) is 3.27. The van der Waals surface area contributed by atoms with Crippen molar-refractivity contribution in [1.29, 1.82) is 0 Å². The van der Waals surface area contributed by atoms with Gasteiger partial charge in [0, 0.05) is 38.1 Å². The lowest BCUT2D eigenvalue weighted by molar-refractivity contribution is -0.130. The van der Waals surface area contributed by atoms with Crippen LogP contribution in [0.4, 0.5) is 0 Å². The number of carbonyl (C=O) groups excluding carboxylic acids is 2. The largest absolute Gasteiger partial charge is 0.497 e. The van der Waals surface area contributed by atoms with Crippen molar-refractivity contribution in [3.05, 3.63) is 47.8 Å². The van der Waals surface area contributed by atoms with Gasteiger partial charge in [-0.25, -0.2) is 0 Å². The molecule has 1 saturated heterocycles. The summed E-state index contributed by atoms with van der Waals surface area (Å²) in [5.41, 5.74) is 1.38. The van der Waals surface area contributed by atoms with Gasteiger partial charge in [0.05, 0.1) is 26.2 Å². The molecule has 7 nitrogen and oxygen atoms in total. The van der Waals surface area contributed by atoms with Crippen LogP contribution in [0.1, 0.15) is 22.5 Å². The quantitative estimate of drug-likeness (QED) is 0.872. The first-order valence-electron chi connectivity index (χ1n) is 9.03. The predicted molar refractivity (Wildman–Crippen MR) is 101 cm³/mol. The highest BCUT2D eigenvalue weighted by molar-refractivity contribution is 5.97. The number of hydrogen-bond donors (Lipinski definition) is 1. The lowest BCUT2D eigenvalue weighted by Gasteiger charge is -2.23. The van der Waals surface area contributed by atoms with E-state index in [0.717, 1.165) is 12.1 Å². The van der Waals surface area contributed by atoms with Gasteiger partial charge in [-0.3, -0.25) is 9.59 Å². The number of amides is 2. The summed E-state index contributed by atoms with van der Waals surface area (Å²) in [7, 11) is 3.11. The van der Waals surface area contributed by atoms with Crippen molar-refractivity contribution in [1.82, 2.24) is 14.8 Å². The van der Waals surface area contributed by atoms with Gasteiger partial charge in [0.15, 0.2) is 0 Å². The highest BCUT2D eigenvalue weighted by Gasteiger charge is 2.25. The standard InChI is InChI=1S/C20H25N3O4/c1-26-16-6-7-18(27-2)17(14-16)20(25)23-10-4-9-22(11-12-23)19(24)13-15-5-3-8-21-15/h3,5-8,14,21H,4,9-13H2,1-2H3. The van der Waals surface area contributed by atoms with Crippen molar-refractivity contribution in [3.8, 4) is 11.5 Å².